The second-order valence-electron chi connectivity index (χ2n) is 4.50. The number of rotatable bonds is 5. The zero-order valence-corrected chi connectivity index (χ0v) is 12.0. The molecular weight excluding hydrogens is 268 g/mol. The standard InChI is InChI=1S/C16H16N2O3/c1-3-13-10-20-16(18-13)12-7-5-6-11(8-12)15-17-9-14(21-15)19-4-2/h5-10H,3-4H2,1-2H3. The number of aromatic nitrogens is 2. The molecule has 5 nitrogen and oxygen atoms in total. The van der Waals surface area contributed by atoms with E-state index < -0.39 is 0 Å². The molecular formula is C16H16N2O3. The minimum Gasteiger partial charge on any atom is -0.464 e. The van der Waals surface area contributed by atoms with Crippen LogP contribution in [-0.4, -0.2) is 16.6 Å². The normalized spacial score (nSPS) is 10.8. The number of nitrogens with zero attached hydrogens (tertiary/aromatic N) is 2. The molecule has 3 rings (SSSR count). The van der Waals surface area contributed by atoms with Crippen LogP contribution in [0.2, 0.25) is 0 Å². The van der Waals surface area contributed by atoms with Crippen LogP contribution in [0.5, 0.6) is 5.95 Å². The SMILES string of the molecule is CCOc1cnc(-c2cccc(-c3nc(CC)co3)c2)o1. The third-order valence-corrected chi connectivity index (χ3v) is 3.04. The average molecular weight is 284 g/mol. The highest BCUT2D eigenvalue weighted by Gasteiger charge is 2.11. The van der Waals surface area contributed by atoms with Crippen LogP contribution < -0.4 is 4.74 Å². The summed E-state index contributed by atoms with van der Waals surface area (Å²) in [5, 5.41) is 0. The Labute approximate surface area is 122 Å². The van der Waals surface area contributed by atoms with E-state index in [0.717, 1.165) is 23.2 Å². The molecule has 108 valence electrons. The first-order valence-corrected chi connectivity index (χ1v) is 6.94. The summed E-state index contributed by atoms with van der Waals surface area (Å²) in [7, 11) is 0. The van der Waals surface area contributed by atoms with Crippen LogP contribution in [0, 0.1) is 0 Å². The maximum atomic E-state index is 5.54. The lowest BCUT2D eigenvalue weighted by atomic mass is 10.1. The van der Waals surface area contributed by atoms with E-state index in [2.05, 4.69) is 9.97 Å². The smallest absolute Gasteiger partial charge is 0.305 e. The Bertz CT molecular complexity index is 730. The van der Waals surface area contributed by atoms with E-state index in [1.54, 1.807) is 12.5 Å². The summed E-state index contributed by atoms with van der Waals surface area (Å²) < 4.78 is 16.3. The van der Waals surface area contributed by atoms with Crippen molar-refractivity contribution in [3.05, 3.63) is 42.4 Å². The molecule has 0 N–H and O–H groups in total. The van der Waals surface area contributed by atoms with Crippen molar-refractivity contribution in [2.75, 3.05) is 6.61 Å². The monoisotopic (exact) mass is 284 g/mol. The zero-order chi connectivity index (χ0) is 14.7. The molecule has 0 saturated carbocycles. The largest absolute Gasteiger partial charge is 0.464 e. The van der Waals surface area contributed by atoms with Crippen LogP contribution >= 0.6 is 0 Å². The van der Waals surface area contributed by atoms with Gasteiger partial charge in [0, 0.05) is 11.1 Å². The molecule has 2 heterocycles. The molecule has 0 aliphatic carbocycles. The Hall–Kier alpha value is -2.56. The number of ether oxygens (including phenoxy) is 1. The van der Waals surface area contributed by atoms with Crippen molar-refractivity contribution in [3.8, 4) is 28.9 Å². The summed E-state index contributed by atoms with van der Waals surface area (Å²) in [6, 6.07) is 7.73. The van der Waals surface area contributed by atoms with E-state index in [0.29, 0.717) is 24.3 Å². The van der Waals surface area contributed by atoms with Gasteiger partial charge in [-0.2, -0.15) is 0 Å². The maximum Gasteiger partial charge on any atom is 0.305 e. The summed E-state index contributed by atoms with van der Waals surface area (Å²) in [5.41, 5.74) is 2.68. The van der Waals surface area contributed by atoms with Crippen molar-refractivity contribution in [1.29, 1.82) is 0 Å². The van der Waals surface area contributed by atoms with E-state index >= 15 is 0 Å². The van der Waals surface area contributed by atoms with E-state index in [1.807, 2.05) is 38.1 Å². The van der Waals surface area contributed by atoms with Gasteiger partial charge in [0.25, 0.3) is 0 Å². The van der Waals surface area contributed by atoms with E-state index in [-0.39, 0.29) is 0 Å². The molecule has 5 heteroatoms. The molecule has 0 aliphatic rings. The third-order valence-electron chi connectivity index (χ3n) is 3.04. The Morgan fingerprint density at radius 2 is 1.95 bits per heavy atom. The summed E-state index contributed by atoms with van der Waals surface area (Å²) in [4.78, 5) is 8.64. The average Bonchev–Trinajstić information content (AvgIpc) is 3.17. The van der Waals surface area contributed by atoms with Gasteiger partial charge in [-0.1, -0.05) is 13.0 Å². The highest BCUT2D eigenvalue weighted by Crippen LogP contribution is 2.27. The lowest BCUT2D eigenvalue weighted by molar-refractivity contribution is 0.260. The summed E-state index contributed by atoms with van der Waals surface area (Å²) >= 11 is 0. The molecule has 0 spiro atoms. The Kier molecular flexibility index (Phi) is 3.73. The summed E-state index contributed by atoms with van der Waals surface area (Å²) in [6.07, 6.45) is 4.10. The molecule has 0 atom stereocenters. The minimum atomic E-state index is 0.419. The number of aryl methyl sites for hydroxylation is 1. The van der Waals surface area contributed by atoms with Gasteiger partial charge in [0.2, 0.25) is 11.8 Å². The predicted octanol–water partition coefficient (Wildman–Crippen LogP) is 3.96. The van der Waals surface area contributed by atoms with Crippen molar-refractivity contribution >= 4 is 0 Å². The Morgan fingerprint density at radius 1 is 1.14 bits per heavy atom. The molecule has 21 heavy (non-hydrogen) atoms. The number of hydrogen-bond donors (Lipinski definition) is 0. The quantitative estimate of drug-likeness (QED) is 0.709. The van der Waals surface area contributed by atoms with Gasteiger partial charge in [0.15, 0.2) is 0 Å². The fourth-order valence-electron chi connectivity index (χ4n) is 1.99. The van der Waals surface area contributed by atoms with Crippen molar-refractivity contribution in [3.63, 3.8) is 0 Å². The topological polar surface area (TPSA) is 61.3 Å². The molecule has 0 radical (unpaired) electrons. The van der Waals surface area contributed by atoms with E-state index in [1.165, 1.54) is 0 Å². The van der Waals surface area contributed by atoms with Gasteiger partial charge in [-0.25, -0.2) is 9.97 Å². The number of hydrogen-bond acceptors (Lipinski definition) is 5. The van der Waals surface area contributed by atoms with Gasteiger partial charge >= 0.3 is 5.95 Å². The lowest BCUT2D eigenvalue weighted by Gasteiger charge is -1.99. The Morgan fingerprint density at radius 3 is 2.67 bits per heavy atom. The van der Waals surface area contributed by atoms with Crippen LogP contribution in [0.25, 0.3) is 22.9 Å². The summed E-state index contributed by atoms with van der Waals surface area (Å²) in [5.74, 6) is 1.54. The molecule has 0 aliphatic heterocycles. The van der Waals surface area contributed by atoms with Crippen LogP contribution in [0.3, 0.4) is 0 Å². The highest BCUT2D eigenvalue weighted by molar-refractivity contribution is 5.64. The van der Waals surface area contributed by atoms with Crippen molar-refractivity contribution in [1.82, 2.24) is 9.97 Å². The minimum absolute atomic E-state index is 0.419. The van der Waals surface area contributed by atoms with Crippen LogP contribution in [-0.2, 0) is 6.42 Å². The number of oxazole rings is 2. The van der Waals surface area contributed by atoms with Gasteiger partial charge < -0.3 is 13.6 Å². The van der Waals surface area contributed by atoms with E-state index in [9.17, 15) is 0 Å². The first-order chi connectivity index (χ1) is 10.3. The van der Waals surface area contributed by atoms with Crippen molar-refractivity contribution < 1.29 is 13.6 Å². The van der Waals surface area contributed by atoms with Crippen LogP contribution in [0.1, 0.15) is 19.5 Å². The molecule has 0 unspecified atom stereocenters. The second kappa shape index (κ2) is 5.83. The fourth-order valence-corrected chi connectivity index (χ4v) is 1.99. The van der Waals surface area contributed by atoms with Crippen LogP contribution in [0.15, 0.2) is 45.6 Å². The first-order valence-electron chi connectivity index (χ1n) is 6.94. The van der Waals surface area contributed by atoms with Gasteiger partial charge in [-0.05, 0) is 31.5 Å². The maximum absolute atomic E-state index is 5.54. The second-order valence-corrected chi connectivity index (χ2v) is 4.50. The van der Waals surface area contributed by atoms with Gasteiger partial charge in [-0.15, -0.1) is 0 Å². The molecule has 0 saturated heterocycles. The molecule has 0 amide bonds. The number of benzene rings is 1. The van der Waals surface area contributed by atoms with E-state index in [4.69, 9.17) is 13.6 Å². The lowest BCUT2D eigenvalue weighted by Crippen LogP contribution is -1.88. The van der Waals surface area contributed by atoms with Crippen molar-refractivity contribution in [2.24, 2.45) is 0 Å². The third kappa shape index (κ3) is 2.81. The predicted molar refractivity (Wildman–Crippen MR) is 78.0 cm³/mol. The molecule has 0 bridgehead atoms. The fraction of sp³-hybridized carbons (Fsp3) is 0.250. The Balaban J connectivity index is 1.91. The van der Waals surface area contributed by atoms with Gasteiger partial charge in [0.05, 0.1) is 12.3 Å². The molecule has 0 fully saturated rings. The highest BCUT2D eigenvalue weighted by atomic mass is 16.6. The zero-order valence-electron chi connectivity index (χ0n) is 12.0. The van der Waals surface area contributed by atoms with Crippen molar-refractivity contribution in [2.45, 2.75) is 20.3 Å². The first kappa shape index (κ1) is 13.4. The van der Waals surface area contributed by atoms with Gasteiger partial charge in [0.1, 0.15) is 12.5 Å². The molecule has 1 aromatic carbocycles. The summed E-state index contributed by atoms with van der Waals surface area (Å²) in [6.45, 7) is 4.49. The van der Waals surface area contributed by atoms with Gasteiger partial charge in [-0.3, -0.25) is 0 Å². The van der Waals surface area contributed by atoms with Crippen LogP contribution in [0.4, 0.5) is 0 Å². The molecule has 3 aromatic rings. The molecule has 2 aromatic heterocycles.